The summed E-state index contributed by atoms with van der Waals surface area (Å²) in [5, 5.41) is 10.6. The third kappa shape index (κ3) is 1.98. The first-order chi connectivity index (χ1) is 8.22. The van der Waals surface area contributed by atoms with Crippen molar-refractivity contribution in [3.8, 4) is 0 Å². The Morgan fingerprint density at radius 3 is 2.29 bits per heavy atom. The van der Waals surface area contributed by atoms with Crippen molar-refractivity contribution in [1.82, 2.24) is 0 Å². The predicted octanol–water partition coefficient (Wildman–Crippen LogP) is 1.96. The van der Waals surface area contributed by atoms with Gasteiger partial charge in [0.25, 0.3) is 5.69 Å². The van der Waals surface area contributed by atoms with E-state index in [9.17, 15) is 10.1 Å². The third-order valence-corrected chi connectivity index (χ3v) is 3.47. The van der Waals surface area contributed by atoms with Crippen molar-refractivity contribution in [2.75, 3.05) is 18.0 Å². The molecule has 5 nitrogen and oxygen atoms in total. The average molecular weight is 234 g/mol. The molecule has 0 saturated carbocycles. The highest BCUT2D eigenvalue weighted by molar-refractivity contribution is 5.51. The molecule has 0 spiro atoms. The Labute approximate surface area is 99.1 Å². The van der Waals surface area contributed by atoms with E-state index in [0.717, 1.165) is 31.6 Å². The number of morpholine rings is 1. The summed E-state index contributed by atoms with van der Waals surface area (Å²) in [6, 6.07) is 6.77. The number of nitro benzene ring substituents is 1. The first kappa shape index (κ1) is 10.5. The van der Waals surface area contributed by atoms with E-state index in [4.69, 9.17) is 4.74 Å². The maximum absolute atomic E-state index is 10.6. The molecule has 0 aromatic heterocycles. The highest BCUT2D eigenvalue weighted by atomic mass is 16.6. The van der Waals surface area contributed by atoms with Crippen LogP contribution in [0, 0.1) is 10.1 Å². The molecule has 0 radical (unpaired) electrons. The highest BCUT2D eigenvalue weighted by Gasteiger charge is 2.33. The van der Waals surface area contributed by atoms with Gasteiger partial charge in [-0.1, -0.05) is 0 Å². The largest absolute Gasteiger partial charge is 0.371 e. The molecule has 5 heteroatoms. The Balaban J connectivity index is 1.78. The molecule has 0 aliphatic carbocycles. The predicted molar refractivity (Wildman–Crippen MR) is 63.2 cm³/mol. The van der Waals surface area contributed by atoms with Crippen LogP contribution >= 0.6 is 0 Å². The number of hydrogen-bond acceptors (Lipinski definition) is 4. The Kier molecular flexibility index (Phi) is 2.48. The molecule has 2 unspecified atom stereocenters. The van der Waals surface area contributed by atoms with E-state index in [0.29, 0.717) is 12.2 Å². The highest BCUT2D eigenvalue weighted by Crippen LogP contribution is 2.30. The second kappa shape index (κ2) is 4.00. The number of benzene rings is 1. The number of non-ortho nitro benzene ring substituents is 1. The second-order valence-corrected chi connectivity index (χ2v) is 4.64. The standard InChI is InChI=1S/C12H14N2O3/c15-14(16)10-3-1-9(2-4-10)13-7-11-5-6-12(8-13)17-11/h1-4,11-12H,5-8H2. The zero-order valence-electron chi connectivity index (χ0n) is 9.41. The zero-order valence-corrected chi connectivity index (χ0v) is 9.41. The van der Waals surface area contributed by atoms with Crippen molar-refractivity contribution in [3.05, 3.63) is 34.4 Å². The summed E-state index contributed by atoms with van der Waals surface area (Å²) in [6.07, 6.45) is 2.94. The lowest BCUT2D eigenvalue weighted by atomic mass is 10.2. The summed E-state index contributed by atoms with van der Waals surface area (Å²) >= 11 is 0. The molecule has 2 bridgehead atoms. The van der Waals surface area contributed by atoms with E-state index < -0.39 is 0 Å². The maximum Gasteiger partial charge on any atom is 0.269 e. The summed E-state index contributed by atoms with van der Waals surface area (Å²) in [5.41, 5.74) is 1.20. The van der Waals surface area contributed by atoms with Crippen LogP contribution in [0.1, 0.15) is 12.8 Å². The van der Waals surface area contributed by atoms with Gasteiger partial charge in [0.05, 0.1) is 17.1 Å². The normalized spacial score (nSPS) is 27.2. The number of fused-ring (bicyclic) bond motifs is 2. The zero-order chi connectivity index (χ0) is 11.8. The fourth-order valence-corrected chi connectivity index (χ4v) is 2.61. The molecular weight excluding hydrogens is 220 g/mol. The van der Waals surface area contributed by atoms with Crippen LogP contribution in [0.4, 0.5) is 11.4 Å². The molecule has 1 aromatic carbocycles. The smallest absolute Gasteiger partial charge is 0.269 e. The number of rotatable bonds is 2. The molecule has 2 heterocycles. The van der Waals surface area contributed by atoms with Gasteiger partial charge in [0.1, 0.15) is 0 Å². The summed E-state index contributed by atoms with van der Waals surface area (Å²) < 4.78 is 5.76. The minimum atomic E-state index is -0.368. The van der Waals surface area contributed by atoms with Gasteiger partial charge in [-0.3, -0.25) is 10.1 Å². The van der Waals surface area contributed by atoms with Gasteiger partial charge in [0.15, 0.2) is 0 Å². The van der Waals surface area contributed by atoms with Gasteiger partial charge in [-0.25, -0.2) is 0 Å². The maximum atomic E-state index is 10.6. The second-order valence-electron chi connectivity index (χ2n) is 4.64. The molecule has 0 N–H and O–H groups in total. The van der Waals surface area contributed by atoms with E-state index in [2.05, 4.69) is 4.90 Å². The molecule has 2 fully saturated rings. The van der Waals surface area contributed by atoms with Crippen molar-refractivity contribution in [2.45, 2.75) is 25.0 Å². The van der Waals surface area contributed by atoms with E-state index >= 15 is 0 Å². The van der Waals surface area contributed by atoms with Crippen molar-refractivity contribution in [3.63, 3.8) is 0 Å². The van der Waals surface area contributed by atoms with Crippen LogP contribution in [0.25, 0.3) is 0 Å². The quantitative estimate of drug-likeness (QED) is 0.580. The molecule has 90 valence electrons. The van der Waals surface area contributed by atoms with Crippen LogP contribution in [-0.2, 0) is 4.74 Å². The molecule has 2 aliphatic heterocycles. The number of nitrogens with zero attached hydrogens (tertiary/aromatic N) is 2. The van der Waals surface area contributed by atoms with Crippen molar-refractivity contribution in [2.24, 2.45) is 0 Å². The number of hydrogen-bond donors (Lipinski definition) is 0. The number of ether oxygens (including phenoxy) is 1. The molecule has 17 heavy (non-hydrogen) atoms. The Bertz CT molecular complexity index is 420. The Hall–Kier alpha value is -1.62. The molecule has 2 atom stereocenters. The SMILES string of the molecule is O=[N+]([O-])c1ccc(N2CC3CCC(C2)O3)cc1. The molecular formula is C12H14N2O3. The number of anilines is 1. The van der Waals surface area contributed by atoms with Gasteiger partial charge in [-0.15, -0.1) is 0 Å². The van der Waals surface area contributed by atoms with Gasteiger partial charge in [0.2, 0.25) is 0 Å². The topological polar surface area (TPSA) is 55.6 Å². The Morgan fingerprint density at radius 2 is 1.76 bits per heavy atom. The van der Waals surface area contributed by atoms with Crippen LogP contribution < -0.4 is 4.90 Å². The third-order valence-electron chi connectivity index (χ3n) is 3.47. The van der Waals surface area contributed by atoms with Gasteiger partial charge in [-0.05, 0) is 25.0 Å². The van der Waals surface area contributed by atoms with Gasteiger partial charge < -0.3 is 9.64 Å². The minimum absolute atomic E-state index is 0.144. The molecule has 3 rings (SSSR count). The van der Waals surface area contributed by atoms with Crippen LogP contribution in [0.3, 0.4) is 0 Å². The first-order valence-electron chi connectivity index (χ1n) is 5.87. The van der Waals surface area contributed by atoms with E-state index in [1.165, 1.54) is 0 Å². The number of nitro groups is 1. The van der Waals surface area contributed by atoms with Crippen molar-refractivity contribution in [1.29, 1.82) is 0 Å². The van der Waals surface area contributed by atoms with Gasteiger partial charge in [0, 0.05) is 30.9 Å². The van der Waals surface area contributed by atoms with Crippen LogP contribution in [0.5, 0.6) is 0 Å². The van der Waals surface area contributed by atoms with Crippen molar-refractivity contribution >= 4 is 11.4 Å². The summed E-state index contributed by atoms with van der Waals surface area (Å²) in [5.74, 6) is 0. The summed E-state index contributed by atoms with van der Waals surface area (Å²) in [7, 11) is 0. The van der Waals surface area contributed by atoms with Crippen LogP contribution in [0.2, 0.25) is 0 Å². The van der Waals surface area contributed by atoms with Gasteiger partial charge >= 0.3 is 0 Å². The fourth-order valence-electron chi connectivity index (χ4n) is 2.61. The lowest BCUT2D eigenvalue weighted by Gasteiger charge is -2.33. The average Bonchev–Trinajstić information content (AvgIpc) is 2.68. The summed E-state index contributed by atoms with van der Waals surface area (Å²) in [4.78, 5) is 12.5. The fraction of sp³-hybridized carbons (Fsp3) is 0.500. The van der Waals surface area contributed by atoms with Gasteiger partial charge in [-0.2, -0.15) is 0 Å². The van der Waals surface area contributed by atoms with Crippen LogP contribution in [-0.4, -0.2) is 30.2 Å². The molecule has 0 amide bonds. The molecule has 2 saturated heterocycles. The lowest BCUT2D eigenvalue weighted by molar-refractivity contribution is -0.384. The Morgan fingerprint density at radius 1 is 1.18 bits per heavy atom. The minimum Gasteiger partial charge on any atom is -0.371 e. The monoisotopic (exact) mass is 234 g/mol. The van der Waals surface area contributed by atoms with E-state index in [1.54, 1.807) is 12.1 Å². The lowest BCUT2D eigenvalue weighted by Crippen LogP contribution is -2.42. The molecule has 2 aliphatic rings. The molecule has 1 aromatic rings. The van der Waals surface area contributed by atoms with Crippen LogP contribution in [0.15, 0.2) is 24.3 Å². The first-order valence-corrected chi connectivity index (χ1v) is 5.87. The van der Waals surface area contributed by atoms with Crippen molar-refractivity contribution < 1.29 is 9.66 Å². The van der Waals surface area contributed by atoms with E-state index in [1.807, 2.05) is 12.1 Å². The van der Waals surface area contributed by atoms with E-state index in [-0.39, 0.29) is 10.6 Å². The summed E-state index contributed by atoms with van der Waals surface area (Å²) in [6.45, 7) is 1.79.